The van der Waals surface area contributed by atoms with Crippen molar-refractivity contribution >= 4 is 11.6 Å². The second-order valence-electron chi connectivity index (χ2n) is 2.93. The minimum atomic E-state index is 0.402. The van der Waals surface area contributed by atoms with E-state index in [-0.39, 0.29) is 0 Å². The molecule has 0 bridgehead atoms. The van der Waals surface area contributed by atoms with Crippen molar-refractivity contribution < 1.29 is 5.11 Å². The van der Waals surface area contributed by atoms with Crippen LogP contribution in [0.3, 0.4) is 0 Å². The SMILES string of the molecule is CC1=c2cccc(O)c2=CC1. The van der Waals surface area contributed by atoms with E-state index in [1.54, 1.807) is 6.07 Å². The Balaban J connectivity index is 2.98. The van der Waals surface area contributed by atoms with Crippen molar-refractivity contribution in [3.63, 3.8) is 0 Å². The van der Waals surface area contributed by atoms with Crippen molar-refractivity contribution in [1.82, 2.24) is 0 Å². The van der Waals surface area contributed by atoms with Crippen molar-refractivity contribution in [2.24, 2.45) is 0 Å². The quantitative estimate of drug-likeness (QED) is 0.572. The zero-order chi connectivity index (χ0) is 7.84. The first-order valence-corrected chi connectivity index (χ1v) is 3.77. The topological polar surface area (TPSA) is 20.2 Å². The second-order valence-corrected chi connectivity index (χ2v) is 2.93. The van der Waals surface area contributed by atoms with Gasteiger partial charge in [0.15, 0.2) is 0 Å². The average Bonchev–Trinajstić information content (AvgIpc) is 2.35. The number of phenols is 1. The highest BCUT2D eigenvalue weighted by atomic mass is 16.3. The Kier molecular flexibility index (Phi) is 1.25. The van der Waals surface area contributed by atoms with Crippen molar-refractivity contribution in [3.8, 4) is 5.75 Å². The summed E-state index contributed by atoms with van der Waals surface area (Å²) in [5, 5.41) is 11.6. The third-order valence-corrected chi connectivity index (χ3v) is 2.16. The summed E-state index contributed by atoms with van der Waals surface area (Å²) in [6.07, 6.45) is 3.05. The van der Waals surface area contributed by atoms with Gasteiger partial charge in [0.05, 0.1) is 0 Å². The van der Waals surface area contributed by atoms with Gasteiger partial charge in [-0.3, -0.25) is 0 Å². The van der Waals surface area contributed by atoms with Crippen molar-refractivity contribution in [1.29, 1.82) is 0 Å². The maximum Gasteiger partial charge on any atom is 0.123 e. The van der Waals surface area contributed by atoms with Crippen LogP contribution in [0, 0.1) is 0 Å². The van der Waals surface area contributed by atoms with E-state index in [2.05, 4.69) is 13.0 Å². The molecular formula is C10H10O. The van der Waals surface area contributed by atoms with Gasteiger partial charge in [-0.2, -0.15) is 0 Å². The largest absolute Gasteiger partial charge is 0.507 e. The fourth-order valence-electron chi connectivity index (χ4n) is 1.50. The molecular weight excluding hydrogens is 136 g/mol. The summed E-state index contributed by atoms with van der Waals surface area (Å²) in [5.74, 6) is 0.402. The highest BCUT2D eigenvalue weighted by molar-refractivity contribution is 5.59. The van der Waals surface area contributed by atoms with Crippen LogP contribution in [0.2, 0.25) is 0 Å². The van der Waals surface area contributed by atoms with E-state index in [0.29, 0.717) is 5.75 Å². The van der Waals surface area contributed by atoms with Crippen LogP contribution < -0.4 is 10.4 Å². The first kappa shape index (κ1) is 6.47. The van der Waals surface area contributed by atoms with Crippen LogP contribution in [0.4, 0.5) is 0 Å². The fourth-order valence-corrected chi connectivity index (χ4v) is 1.50. The molecule has 0 unspecified atom stereocenters. The standard InChI is InChI=1S/C10H10O/c1-7-5-6-9-8(7)3-2-4-10(9)11/h2-4,6,11H,5H2,1H3. The van der Waals surface area contributed by atoms with Gasteiger partial charge in [-0.25, -0.2) is 0 Å². The molecule has 2 rings (SSSR count). The summed E-state index contributed by atoms with van der Waals surface area (Å²) in [5.41, 5.74) is 1.34. The van der Waals surface area contributed by atoms with Crippen LogP contribution in [0.5, 0.6) is 5.75 Å². The molecule has 0 fully saturated rings. The van der Waals surface area contributed by atoms with Crippen molar-refractivity contribution in [3.05, 3.63) is 28.6 Å². The smallest absolute Gasteiger partial charge is 0.123 e. The summed E-state index contributed by atoms with van der Waals surface area (Å²) < 4.78 is 0. The van der Waals surface area contributed by atoms with E-state index >= 15 is 0 Å². The van der Waals surface area contributed by atoms with Gasteiger partial charge >= 0.3 is 0 Å². The molecule has 1 nitrogen and oxygen atoms in total. The zero-order valence-electron chi connectivity index (χ0n) is 6.46. The Labute approximate surface area is 65.3 Å². The molecule has 0 radical (unpaired) electrons. The molecule has 1 heteroatoms. The molecule has 1 N–H and O–H groups in total. The lowest BCUT2D eigenvalue weighted by Crippen LogP contribution is -2.21. The van der Waals surface area contributed by atoms with Gasteiger partial charge in [0, 0.05) is 5.22 Å². The van der Waals surface area contributed by atoms with Crippen LogP contribution in [-0.2, 0) is 0 Å². The summed E-state index contributed by atoms with van der Waals surface area (Å²) in [6, 6.07) is 5.67. The number of fused-ring (bicyclic) bond motifs is 1. The Hall–Kier alpha value is -1.24. The molecule has 1 aliphatic rings. The number of hydrogen-bond donors (Lipinski definition) is 1. The predicted molar refractivity (Wildman–Crippen MR) is 45.5 cm³/mol. The lowest BCUT2D eigenvalue weighted by molar-refractivity contribution is 0.470. The van der Waals surface area contributed by atoms with Crippen LogP contribution in [0.1, 0.15) is 13.3 Å². The number of phenolic OH excluding ortho intramolecular Hbond substituents is 1. The van der Waals surface area contributed by atoms with Crippen molar-refractivity contribution in [2.45, 2.75) is 13.3 Å². The first-order chi connectivity index (χ1) is 5.29. The molecule has 0 atom stereocenters. The van der Waals surface area contributed by atoms with Crippen LogP contribution in [-0.4, -0.2) is 5.11 Å². The van der Waals surface area contributed by atoms with Gasteiger partial charge in [0.25, 0.3) is 0 Å². The second kappa shape index (κ2) is 2.12. The highest BCUT2D eigenvalue weighted by Crippen LogP contribution is 2.06. The average molecular weight is 146 g/mol. The molecule has 0 amide bonds. The Morgan fingerprint density at radius 3 is 2.91 bits per heavy atom. The zero-order valence-corrected chi connectivity index (χ0v) is 6.46. The molecule has 1 aliphatic carbocycles. The molecule has 0 saturated heterocycles. The van der Waals surface area contributed by atoms with Gasteiger partial charge in [0.2, 0.25) is 0 Å². The third-order valence-electron chi connectivity index (χ3n) is 2.16. The maximum absolute atomic E-state index is 9.40. The van der Waals surface area contributed by atoms with Gasteiger partial charge in [-0.1, -0.05) is 23.8 Å². The third kappa shape index (κ3) is 0.845. The molecule has 0 spiro atoms. The van der Waals surface area contributed by atoms with Crippen LogP contribution >= 0.6 is 0 Å². The van der Waals surface area contributed by atoms with E-state index < -0.39 is 0 Å². The van der Waals surface area contributed by atoms with Gasteiger partial charge in [0.1, 0.15) is 5.75 Å². The van der Waals surface area contributed by atoms with Crippen molar-refractivity contribution in [2.75, 3.05) is 0 Å². The number of hydrogen-bond acceptors (Lipinski definition) is 1. The molecule has 0 saturated carbocycles. The summed E-state index contributed by atoms with van der Waals surface area (Å²) in [7, 11) is 0. The molecule has 0 heterocycles. The highest BCUT2D eigenvalue weighted by Gasteiger charge is 2.01. The Bertz CT molecular complexity index is 401. The predicted octanol–water partition coefficient (Wildman–Crippen LogP) is 0.747. The molecule has 1 aromatic carbocycles. The molecule has 56 valence electrons. The Morgan fingerprint density at radius 2 is 2.18 bits per heavy atom. The van der Waals surface area contributed by atoms with Crippen LogP contribution in [0.15, 0.2) is 18.2 Å². The minimum Gasteiger partial charge on any atom is -0.507 e. The molecule has 0 aromatic heterocycles. The lowest BCUT2D eigenvalue weighted by Gasteiger charge is -1.91. The first-order valence-electron chi connectivity index (χ1n) is 3.77. The van der Waals surface area contributed by atoms with E-state index in [0.717, 1.165) is 11.6 Å². The van der Waals surface area contributed by atoms with E-state index in [1.807, 2.05) is 12.1 Å². The lowest BCUT2D eigenvalue weighted by atomic mass is 10.2. The van der Waals surface area contributed by atoms with E-state index in [9.17, 15) is 5.11 Å². The van der Waals surface area contributed by atoms with Gasteiger partial charge in [-0.15, -0.1) is 0 Å². The monoisotopic (exact) mass is 146 g/mol. The summed E-state index contributed by atoms with van der Waals surface area (Å²) >= 11 is 0. The minimum absolute atomic E-state index is 0.402. The van der Waals surface area contributed by atoms with E-state index in [1.165, 1.54) is 10.8 Å². The summed E-state index contributed by atoms with van der Waals surface area (Å²) in [4.78, 5) is 0. The maximum atomic E-state index is 9.40. The normalized spacial score (nSPS) is 14.5. The molecule has 11 heavy (non-hydrogen) atoms. The number of aromatic hydroxyl groups is 1. The van der Waals surface area contributed by atoms with E-state index in [4.69, 9.17) is 0 Å². The number of benzene rings is 1. The molecule has 1 aromatic rings. The van der Waals surface area contributed by atoms with Gasteiger partial charge < -0.3 is 5.11 Å². The van der Waals surface area contributed by atoms with Gasteiger partial charge in [-0.05, 0) is 24.6 Å². The fraction of sp³-hybridized carbons (Fsp3) is 0.200. The summed E-state index contributed by atoms with van der Waals surface area (Å²) in [6.45, 7) is 2.10. The number of rotatable bonds is 0. The Morgan fingerprint density at radius 1 is 1.36 bits per heavy atom. The van der Waals surface area contributed by atoms with Crippen LogP contribution in [0.25, 0.3) is 11.6 Å². The molecule has 0 aliphatic heterocycles.